The third-order valence-corrected chi connectivity index (χ3v) is 2.13. The second-order valence-corrected chi connectivity index (χ2v) is 3.07. The van der Waals surface area contributed by atoms with Crippen molar-refractivity contribution >= 4 is 11.9 Å². The van der Waals surface area contributed by atoms with Gasteiger partial charge in [0.15, 0.2) is 0 Å². The molecule has 0 bridgehead atoms. The Kier molecular flexibility index (Phi) is 7.62. The number of ether oxygens (including phenoxy) is 1. The number of rotatable bonds is 7. The van der Waals surface area contributed by atoms with Crippen molar-refractivity contribution in [2.45, 2.75) is 20.3 Å². The van der Waals surface area contributed by atoms with Gasteiger partial charge < -0.3 is 15.0 Å². The molecule has 0 spiro atoms. The number of carbonyl (C=O) groups is 2. The molecule has 0 fully saturated rings. The molecule has 0 unspecified atom stereocenters. The molecule has 0 aliphatic heterocycles. The van der Waals surface area contributed by atoms with E-state index < -0.39 is 0 Å². The van der Waals surface area contributed by atoms with Crippen LogP contribution in [-0.4, -0.2) is 50.1 Å². The van der Waals surface area contributed by atoms with Crippen LogP contribution in [0.1, 0.15) is 20.3 Å². The van der Waals surface area contributed by atoms with Crippen molar-refractivity contribution < 1.29 is 14.3 Å². The summed E-state index contributed by atoms with van der Waals surface area (Å²) >= 11 is 0. The van der Waals surface area contributed by atoms with Crippen LogP contribution in [0.5, 0.6) is 0 Å². The highest BCUT2D eigenvalue weighted by Crippen LogP contribution is 1.87. The third kappa shape index (κ3) is 6.06. The number of hydrogen-bond donors (Lipinski definition) is 1. The Morgan fingerprint density at radius 2 is 1.87 bits per heavy atom. The molecule has 15 heavy (non-hydrogen) atoms. The lowest BCUT2D eigenvalue weighted by Gasteiger charge is -2.18. The SMILES string of the molecule is CCN(CC)C(=O)CNCCC(=O)OC. The number of methoxy groups -OCH3 is 1. The summed E-state index contributed by atoms with van der Waals surface area (Å²) in [6.07, 6.45) is 0.294. The zero-order valence-corrected chi connectivity index (χ0v) is 9.71. The summed E-state index contributed by atoms with van der Waals surface area (Å²) in [5, 5.41) is 2.91. The van der Waals surface area contributed by atoms with E-state index in [0.29, 0.717) is 26.1 Å². The first-order chi connectivity index (χ1) is 7.15. The molecule has 0 aromatic rings. The van der Waals surface area contributed by atoms with E-state index in [-0.39, 0.29) is 18.4 Å². The Morgan fingerprint density at radius 3 is 2.33 bits per heavy atom. The maximum atomic E-state index is 11.5. The lowest BCUT2D eigenvalue weighted by Crippen LogP contribution is -2.38. The Morgan fingerprint density at radius 1 is 1.27 bits per heavy atom. The van der Waals surface area contributed by atoms with Crippen LogP contribution in [-0.2, 0) is 14.3 Å². The van der Waals surface area contributed by atoms with Crippen LogP contribution in [0.25, 0.3) is 0 Å². The van der Waals surface area contributed by atoms with E-state index in [1.165, 1.54) is 7.11 Å². The summed E-state index contributed by atoms with van der Waals surface area (Å²) < 4.78 is 4.47. The first-order valence-electron chi connectivity index (χ1n) is 5.21. The first kappa shape index (κ1) is 13.9. The van der Waals surface area contributed by atoms with E-state index in [0.717, 1.165) is 0 Å². The maximum Gasteiger partial charge on any atom is 0.306 e. The van der Waals surface area contributed by atoms with Crippen molar-refractivity contribution in [2.24, 2.45) is 0 Å². The van der Waals surface area contributed by atoms with Crippen molar-refractivity contribution in [2.75, 3.05) is 33.3 Å². The van der Waals surface area contributed by atoms with Gasteiger partial charge in [-0.2, -0.15) is 0 Å². The third-order valence-electron chi connectivity index (χ3n) is 2.13. The second kappa shape index (κ2) is 8.23. The molecule has 0 aliphatic carbocycles. The number of hydrogen-bond acceptors (Lipinski definition) is 4. The van der Waals surface area contributed by atoms with E-state index >= 15 is 0 Å². The standard InChI is InChI=1S/C10H20N2O3/c1-4-12(5-2)9(13)8-11-7-6-10(14)15-3/h11H,4-8H2,1-3H3. The van der Waals surface area contributed by atoms with Gasteiger partial charge in [0.1, 0.15) is 0 Å². The number of carbonyl (C=O) groups excluding carboxylic acids is 2. The minimum Gasteiger partial charge on any atom is -0.469 e. The molecule has 5 heteroatoms. The van der Waals surface area contributed by atoms with Crippen molar-refractivity contribution in [3.05, 3.63) is 0 Å². The minimum atomic E-state index is -0.266. The van der Waals surface area contributed by atoms with Gasteiger partial charge in [-0.3, -0.25) is 9.59 Å². The Balaban J connectivity index is 3.58. The monoisotopic (exact) mass is 216 g/mol. The van der Waals surface area contributed by atoms with Crippen molar-refractivity contribution in [3.8, 4) is 0 Å². The summed E-state index contributed by atoms with van der Waals surface area (Å²) in [4.78, 5) is 24.0. The molecule has 0 aromatic carbocycles. The molecule has 0 aliphatic rings. The molecule has 0 radical (unpaired) electrons. The zero-order chi connectivity index (χ0) is 11.7. The summed E-state index contributed by atoms with van der Waals surface area (Å²) in [6.45, 7) is 6.06. The maximum absolute atomic E-state index is 11.5. The van der Waals surface area contributed by atoms with Gasteiger partial charge in [-0.15, -0.1) is 0 Å². The lowest BCUT2D eigenvalue weighted by molar-refractivity contribution is -0.140. The van der Waals surface area contributed by atoms with E-state index in [4.69, 9.17) is 0 Å². The van der Waals surface area contributed by atoms with E-state index in [1.807, 2.05) is 13.8 Å². The molecule has 0 saturated heterocycles. The number of esters is 1. The fourth-order valence-corrected chi connectivity index (χ4v) is 1.18. The Labute approximate surface area is 90.8 Å². The average Bonchev–Trinajstić information content (AvgIpc) is 2.25. The van der Waals surface area contributed by atoms with Crippen LogP contribution in [0.3, 0.4) is 0 Å². The largest absolute Gasteiger partial charge is 0.469 e. The molecule has 0 atom stereocenters. The topological polar surface area (TPSA) is 58.6 Å². The quantitative estimate of drug-likeness (QED) is 0.481. The van der Waals surface area contributed by atoms with Gasteiger partial charge in [-0.1, -0.05) is 0 Å². The van der Waals surface area contributed by atoms with E-state index in [1.54, 1.807) is 4.90 Å². The van der Waals surface area contributed by atoms with Crippen LogP contribution >= 0.6 is 0 Å². The number of amides is 1. The van der Waals surface area contributed by atoms with Crippen LogP contribution in [0.4, 0.5) is 0 Å². The molecule has 1 N–H and O–H groups in total. The van der Waals surface area contributed by atoms with Gasteiger partial charge in [0.25, 0.3) is 0 Å². The molecule has 88 valence electrons. The Bertz CT molecular complexity index is 203. The summed E-state index contributed by atoms with van der Waals surface area (Å²) in [5.41, 5.74) is 0. The van der Waals surface area contributed by atoms with Crippen molar-refractivity contribution in [1.82, 2.24) is 10.2 Å². The van der Waals surface area contributed by atoms with Crippen molar-refractivity contribution in [1.29, 1.82) is 0 Å². The van der Waals surface area contributed by atoms with Crippen LogP contribution in [0, 0.1) is 0 Å². The summed E-state index contributed by atoms with van der Waals surface area (Å²) in [6, 6.07) is 0. The predicted octanol–water partition coefficient (Wildman–Crippen LogP) is 0.00750. The molecule has 0 saturated carbocycles. The van der Waals surface area contributed by atoms with E-state index in [9.17, 15) is 9.59 Å². The molecule has 5 nitrogen and oxygen atoms in total. The molecular weight excluding hydrogens is 196 g/mol. The number of likely N-dealkylation sites (N-methyl/N-ethyl adjacent to an activating group) is 1. The number of nitrogens with zero attached hydrogens (tertiary/aromatic N) is 1. The summed E-state index contributed by atoms with van der Waals surface area (Å²) in [7, 11) is 1.35. The molecular formula is C10H20N2O3. The van der Waals surface area contributed by atoms with Gasteiger partial charge >= 0.3 is 5.97 Å². The average molecular weight is 216 g/mol. The summed E-state index contributed by atoms with van der Waals surface area (Å²) in [5.74, 6) is -0.206. The van der Waals surface area contributed by atoms with Gasteiger partial charge in [0, 0.05) is 19.6 Å². The smallest absolute Gasteiger partial charge is 0.306 e. The van der Waals surface area contributed by atoms with Gasteiger partial charge in [0.2, 0.25) is 5.91 Å². The predicted molar refractivity (Wildman–Crippen MR) is 57.4 cm³/mol. The van der Waals surface area contributed by atoms with Gasteiger partial charge in [-0.05, 0) is 13.8 Å². The van der Waals surface area contributed by atoms with Crippen molar-refractivity contribution in [3.63, 3.8) is 0 Å². The first-order valence-corrected chi connectivity index (χ1v) is 5.21. The van der Waals surface area contributed by atoms with Gasteiger partial charge in [-0.25, -0.2) is 0 Å². The lowest BCUT2D eigenvalue weighted by atomic mass is 10.4. The molecule has 1 amide bonds. The van der Waals surface area contributed by atoms with Gasteiger partial charge in [0.05, 0.1) is 20.1 Å². The normalized spacial score (nSPS) is 9.80. The Hall–Kier alpha value is -1.10. The highest BCUT2D eigenvalue weighted by molar-refractivity contribution is 5.78. The van der Waals surface area contributed by atoms with E-state index in [2.05, 4.69) is 10.1 Å². The zero-order valence-electron chi connectivity index (χ0n) is 9.71. The second-order valence-electron chi connectivity index (χ2n) is 3.07. The van der Waals surface area contributed by atoms with Crippen LogP contribution < -0.4 is 5.32 Å². The molecule has 0 rings (SSSR count). The highest BCUT2D eigenvalue weighted by atomic mass is 16.5. The highest BCUT2D eigenvalue weighted by Gasteiger charge is 2.08. The van der Waals surface area contributed by atoms with Crippen LogP contribution in [0.15, 0.2) is 0 Å². The number of nitrogens with one attached hydrogen (secondary N) is 1. The molecule has 0 heterocycles. The van der Waals surface area contributed by atoms with Crippen LogP contribution in [0.2, 0.25) is 0 Å². The minimum absolute atomic E-state index is 0.0601. The fraction of sp³-hybridized carbons (Fsp3) is 0.800. The fourth-order valence-electron chi connectivity index (χ4n) is 1.18. The molecule has 0 aromatic heterocycles.